The van der Waals surface area contributed by atoms with Gasteiger partial charge in [0.15, 0.2) is 0 Å². The summed E-state index contributed by atoms with van der Waals surface area (Å²) in [7, 11) is 0. The molecular formula is C21H33N3O3S. The van der Waals surface area contributed by atoms with Gasteiger partial charge in [0.1, 0.15) is 0 Å². The minimum Gasteiger partial charge on any atom is -0.388 e. The molecule has 0 aliphatic carbocycles. The standard InChI is InChI=1S/C21H33N3O3S/c1-16-4-5-19(28-16)14-20(26)24-10-3-8-21(27,9-13-24)15-23-11-6-18(7-12-23)22-17(2)25/h4-5,18,27H,3,6-15H2,1-2H3,(H,22,25)/t21-/m0/s1. The lowest BCUT2D eigenvalue weighted by atomic mass is 9.93. The number of likely N-dealkylation sites (tertiary alicyclic amines) is 2. The van der Waals surface area contributed by atoms with Gasteiger partial charge in [0.25, 0.3) is 0 Å². The molecule has 28 heavy (non-hydrogen) atoms. The summed E-state index contributed by atoms with van der Waals surface area (Å²) < 4.78 is 0. The summed E-state index contributed by atoms with van der Waals surface area (Å²) in [5.41, 5.74) is -0.727. The van der Waals surface area contributed by atoms with E-state index in [2.05, 4.69) is 23.2 Å². The average Bonchev–Trinajstić information content (AvgIpc) is 2.93. The molecule has 3 rings (SSSR count). The highest BCUT2D eigenvalue weighted by Crippen LogP contribution is 2.26. The Morgan fingerprint density at radius 3 is 2.61 bits per heavy atom. The van der Waals surface area contributed by atoms with Crippen LogP contribution in [0.5, 0.6) is 0 Å². The van der Waals surface area contributed by atoms with Crippen LogP contribution < -0.4 is 5.32 Å². The van der Waals surface area contributed by atoms with E-state index >= 15 is 0 Å². The van der Waals surface area contributed by atoms with Crippen molar-refractivity contribution in [3.8, 4) is 0 Å². The third-order valence-electron chi connectivity index (χ3n) is 5.90. The number of amides is 2. The first kappa shape index (κ1) is 21.3. The van der Waals surface area contributed by atoms with Gasteiger partial charge < -0.3 is 20.2 Å². The van der Waals surface area contributed by atoms with Crippen LogP contribution in [0.1, 0.15) is 48.8 Å². The highest BCUT2D eigenvalue weighted by molar-refractivity contribution is 7.12. The van der Waals surface area contributed by atoms with Crippen LogP contribution in [0.2, 0.25) is 0 Å². The fraction of sp³-hybridized carbons (Fsp3) is 0.714. The van der Waals surface area contributed by atoms with Crippen LogP contribution in [-0.2, 0) is 16.0 Å². The third-order valence-corrected chi connectivity index (χ3v) is 6.90. The van der Waals surface area contributed by atoms with Gasteiger partial charge in [-0.1, -0.05) is 0 Å². The fourth-order valence-corrected chi connectivity index (χ4v) is 5.25. The topological polar surface area (TPSA) is 72.9 Å². The molecule has 6 nitrogen and oxygen atoms in total. The summed E-state index contributed by atoms with van der Waals surface area (Å²) in [4.78, 5) is 30.4. The van der Waals surface area contributed by atoms with Crippen molar-refractivity contribution in [1.82, 2.24) is 15.1 Å². The van der Waals surface area contributed by atoms with Crippen LogP contribution in [0.3, 0.4) is 0 Å². The van der Waals surface area contributed by atoms with Crippen LogP contribution in [-0.4, -0.2) is 71.1 Å². The van der Waals surface area contributed by atoms with E-state index in [4.69, 9.17) is 0 Å². The van der Waals surface area contributed by atoms with Crippen molar-refractivity contribution in [2.24, 2.45) is 0 Å². The molecule has 2 N–H and O–H groups in total. The summed E-state index contributed by atoms with van der Waals surface area (Å²) in [5.74, 6) is 0.200. The number of aryl methyl sites for hydroxylation is 1. The summed E-state index contributed by atoms with van der Waals surface area (Å²) in [6.07, 6.45) is 4.54. The maximum atomic E-state index is 12.7. The Labute approximate surface area is 171 Å². The first-order valence-corrected chi connectivity index (χ1v) is 11.2. The van der Waals surface area contributed by atoms with Gasteiger partial charge in [0.05, 0.1) is 12.0 Å². The number of nitrogens with zero attached hydrogens (tertiary/aromatic N) is 2. The largest absolute Gasteiger partial charge is 0.388 e. The predicted octanol–water partition coefficient (Wildman–Crippen LogP) is 1.94. The zero-order valence-corrected chi connectivity index (χ0v) is 17.9. The third kappa shape index (κ3) is 6.03. The number of β-amino-alcohol motifs (C(OH)–C–C–N with tert-alkyl or cyclic N) is 1. The summed E-state index contributed by atoms with van der Waals surface area (Å²) in [6, 6.07) is 4.35. The van der Waals surface area contributed by atoms with Gasteiger partial charge in [-0.15, -0.1) is 11.3 Å². The Kier molecular flexibility index (Phi) is 7.12. The predicted molar refractivity (Wildman–Crippen MR) is 111 cm³/mol. The summed E-state index contributed by atoms with van der Waals surface area (Å²) in [5, 5.41) is 14.2. The second kappa shape index (κ2) is 9.37. The zero-order valence-electron chi connectivity index (χ0n) is 17.1. The molecule has 0 aromatic carbocycles. The molecule has 0 radical (unpaired) electrons. The van der Waals surface area contributed by atoms with Crippen molar-refractivity contribution in [3.63, 3.8) is 0 Å². The van der Waals surface area contributed by atoms with Crippen LogP contribution in [0, 0.1) is 6.92 Å². The molecule has 1 aromatic heterocycles. The lowest BCUT2D eigenvalue weighted by Crippen LogP contribution is -2.50. The van der Waals surface area contributed by atoms with Gasteiger partial charge >= 0.3 is 0 Å². The van der Waals surface area contributed by atoms with E-state index in [0.29, 0.717) is 25.9 Å². The Bertz CT molecular complexity index is 684. The van der Waals surface area contributed by atoms with Crippen molar-refractivity contribution in [2.75, 3.05) is 32.7 Å². The Hall–Kier alpha value is -1.44. The Balaban J connectivity index is 1.47. The maximum Gasteiger partial charge on any atom is 0.227 e. The molecule has 0 saturated carbocycles. The fourth-order valence-electron chi connectivity index (χ4n) is 4.37. The lowest BCUT2D eigenvalue weighted by molar-refractivity contribution is -0.130. The molecule has 3 heterocycles. The minimum atomic E-state index is -0.727. The number of carbonyl (C=O) groups excluding carboxylic acids is 2. The van der Waals surface area contributed by atoms with Gasteiger partial charge in [-0.3, -0.25) is 9.59 Å². The SMILES string of the molecule is CC(=O)NC1CCN(C[C@]2(O)CCCN(C(=O)Cc3ccc(C)s3)CC2)CC1. The number of piperidine rings is 1. The van der Waals surface area contributed by atoms with Gasteiger partial charge in [0, 0.05) is 55.4 Å². The molecule has 2 aliphatic heterocycles. The zero-order chi connectivity index (χ0) is 20.1. The first-order valence-electron chi connectivity index (χ1n) is 10.4. The van der Waals surface area contributed by atoms with Gasteiger partial charge in [-0.25, -0.2) is 0 Å². The van der Waals surface area contributed by atoms with E-state index in [1.165, 1.54) is 4.88 Å². The molecule has 2 amide bonds. The van der Waals surface area contributed by atoms with E-state index in [1.54, 1.807) is 18.3 Å². The van der Waals surface area contributed by atoms with Gasteiger partial charge in [-0.05, 0) is 51.2 Å². The Morgan fingerprint density at radius 1 is 1.21 bits per heavy atom. The molecule has 0 spiro atoms. The molecule has 2 fully saturated rings. The van der Waals surface area contributed by atoms with Crippen molar-refractivity contribution in [2.45, 2.75) is 64.0 Å². The van der Waals surface area contributed by atoms with Crippen molar-refractivity contribution >= 4 is 23.2 Å². The van der Waals surface area contributed by atoms with Crippen molar-refractivity contribution in [1.29, 1.82) is 0 Å². The molecule has 2 saturated heterocycles. The number of carbonyl (C=O) groups is 2. The van der Waals surface area contributed by atoms with Gasteiger partial charge in [-0.2, -0.15) is 0 Å². The number of hydrogen-bond acceptors (Lipinski definition) is 5. The normalized spacial score (nSPS) is 24.8. The molecule has 2 aliphatic rings. The number of nitrogens with one attached hydrogen (secondary N) is 1. The maximum absolute atomic E-state index is 12.7. The summed E-state index contributed by atoms with van der Waals surface area (Å²) >= 11 is 1.68. The van der Waals surface area contributed by atoms with Crippen molar-refractivity contribution < 1.29 is 14.7 Å². The van der Waals surface area contributed by atoms with Crippen LogP contribution >= 0.6 is 11.3 Å². The second-order valence-electron chi connectivity index (χ2n) is 8.40. The number of aliphatic hydroxyl groups is 1. The highest BCUT2D eigenvalue weighted by Gasteiger charge is 2.34. The van der Waals surface area contributed by atoms with Crippen LogP contribution in [0.4, 0.5) is 0 Å². The monoisotopic (exact) mass is 407 g/mol. The molecule has 0 unspecified atom stereocenters. The minimum absolute atomic E-state index is 0.0308. The van der Waals surface area contributed by atoms with Crippen LogP contribution in [0.15, 0.2) is 12.1 Å². The molecule has 1 aromatic rings. The lowest BCUT2D eigenvalue weighted by Gasteiger charge is -2.38. The summed E-state index contributed by atoms with van der Waals surface area (Å²) in [6.45, 7) is 7.43. The molecule has 1 atom stereocenters. The van der Waals surface area contributed by atoms with E-state index in [1.807, 2.05) is 11.0 Å². The van der Waals surface area contributed by atoms with E-state index in [-0.39, 0.29) is 17.9 Å². The van der Waals surface area contributed by atoms with Gasteiger partial charge in [0.2, 0.25) is 11.8 Å². The molecule has 156 valence electrons. The van der Waals surface area contributed by atoms with E-state index < -0.39 is 5.60 Å². The quantitative estimate of drug-likeness (QED) is 0.782. The number of rotatable bonds is 5. The first-order chi connectivity index (χ1) is 13.3. The number of hydrogen-bond donors (Lipinski definition) is 2. The molecule has 7 heteroatoms. The van der Waals surface area contributed by atoms with Crippen molar-refractivity contribution in [3.05, 3.63) is 21.9 Å². The second-order valence-corrected chi connectivity index (χ2v) is 9.77. The smallest absolute Gasteiger partial charge is 0.227 e. The number of thiophene rings is 1. The van der Waals surface area contributed by atoms with E-state index in [9.17, 15) is 14.7 Å². The molecular weight excluding hydrogens is 374 g/mol. The van der Waals surface area contributed by atoms with E-state index in [0.717, 1.165) is 50.2 Å². The van der Waals surface area contributed by atoms with Crippen LogP contribution in [0.25, 0.3) is 0 Å². The molecule has 0 bridgehead atoms. The average molecular weight is 408 g/mol. The Morgan fingerprint density at radius 2 is 1.96 bits per heavy atom. The highest BCUT2D eigenvalue weighted by atomic mass is 32.1.